The number of halogens is 4. The molecule has 2 unspecified atom stereocenters. The van der Waals surface area contributed by atoms with Crippen LogP contribution in [0.25, 0.3) is 0 Å². The van der Waals surface area contributed by atoms with Crippen molar-refractivity contribution in [3.05, 3.63) is 46.8 Å². The molecule has 0 bridgehead atoms. The van der Waals surface area contributed by atoms with Gasteiger partial charge in [-0.15, -0.1) is 23.5 Å². The minimum Gasteiger partial charge on any atom is -0.497 e. The van der Waals surface area contributed by atoms with Crippen LogP contribution < -0.4 is 4.74 Å². The average molecular weight is 416 g/mol. The molecule has 1 aliphatic heterocycles. The van der Waals surface area contributed by atoms with Crippen LogP contribution in [0.3, 0.4) is 0 Å². The molecule has 0 amide bonds. The van der Waals surface area contributed by atoms with E-state index in [4.69, 9.17) is 4.74 Å². The fraction of sp³-hybridized carbons (Fsp3) is 0.500. The average Bonchev–Trinajstić information content (AvgIpc) is 2.98. The van der Waals surface area contributed by atoms with Crippen LogP contribution in [0.15, 0.2) is 24.3 Å². The fourth-order valence-electron chi connectivity index (χ4n) is 4.31. The molecule has 1 aromatic carbocycles. The van der Waals surface area contributed by atoms with E-state index in [2.05, 4.69) is 5.10 Å². The number of rotatable bonds is 3. The van der Waals surface area contributed by atoms with E-state index in [0.717, 1.165) is 17.1 Å². The normalized spacial score (nSPS) is 27.7. The van der Waals surface area contributed by atoms with Crippen LogP contribution in [-0.4, -0.2) is 28.4 Å². The van der Waals surface area contributed by atoms with Gasteiger partial charge in [0, 0.05) is 23.0 Å². The first-order valence-electron chi connectivity index (χ1n) is 8.58. The van der Waals surface area contributed by atoms with Gasteiger partial charge in [-0.3, -0.25) is 4.68 Å². The van der Waals surface area contributed by atoms with Crippen LogP contribution in [0.4, 0.5) is 17.6 Å². The highest BCUT2D eigenvalue weighted by atomic mass is 32.2. The standard InChI is InChI=1S/C18H16F4N2OS2/c1-25-11-4-2-10(3-5-11)9-24-15-13(14(23-24)18(20,21)22)16(19)8-12(16)17(15)26-6-7-27-17/h2-5,12H,6-9H2,1H3. The van der Waals surface area contributed by atoms with E-state index in [0.29, 0.717) is 11.4 Å². The van der Waals surface area contributed by atoms with E-state index < -0.39 is 27.5 Å². The molecule has 1 saturated carbocycles. The summed E-state index contributed by atoms with van der Waals surface area (Å²) in [7, 11) is 1.55. The molecular weight excluding hydrogens is 400 g/mol. The first-order chi connectivity index (χ1) is 12.8. The molecule has 5 rings (SSSR count). The first-order valence-corrected chi connectivity index (χ1v) is 10.6. The molecule has 9 heteroatoms. The number of thioether (sulfide) groups is 2. The summed E-state index contributed by atoms with van der Waals surface area (Å²) in [5.41, 5.74) is -1.93. The number of ether oxygens (including phenoxy) is 1. The Morgan fingerprint density at radius 2 is 1.89 bits per heavy atom. The van der Waals surface area contributed by atoms with Gasteiger partial charge in [0.05, 0.1) is 19.3 Å². The van der Waals surface area contributed by atoms with Crippen molar-refractivity contribution in [1.29, 1.82) is 0 Å². The number of alkyl halides is 4. The van der Waals surface area contributed by atoms with E-state index >= 15 is 4.39 Å². The van der Waals surface area contributed by atoms with E-state index in [-0.39, 0.29) is 18.5 Å². The van der Waals surface area contributed by atoms with Crippen LogP contribution in [-0.2, 0) is 22.5 Å². The molecule has 1 spiro atoms. The fourth-order valence-corrected chi connectivity index (χ4v) is 8.05. The predicted molar refractivity (Wildman–Crippen MR) is 96.8 cm³/mol. The lowest BCUT2D eigenvalue weighted by Crippen LogP contribution is -2.21. The van der Waals surface area contributed by atoms with E-state index in [1.54, 1.807) is 54.9 Å². The Balaban J connectivity index is 1.64. The van der Waals surface area contributed by atoms with Gasteiger partial charge in [0.2, 0.25) is 0 Å². The Morgan fingerprint density at radius 1 is 1.22 bits per heavy atom. The van der Waals surface area contributed by atoms with Crippen LogP contribution in [0.1, 0.15) is 28.9 Å². The molecule has 2 aromatic rings. The van der Waals surface area contributed by atoms with Gasteiger partial charge in [-0.2, -0.15) is 18.3 Å². The Bertz CT molecular complexity index is 905. The quantitative estimate of drug-likeness (QED) is 0.673. The lowest BCUT2D eigenvalue weighted by molar-refractivity contribution is -0.142. The highest BCUT2D eigenvalue weighted by molar-refractivity contribution is 8.20. The third-order valence-electron chi connectivity index (χ3n) is 5.53. The van der Waals surface area contributed by atoms with E-state index in [1.165, 1.54) is 4.68 Å². The molecule has 1 saturated heterocycles. The van der Waals surface area contributed by atoms with Gasteiger partial charge < -0.3 is 4.74 Å². The highest BCUT2D eigenvalue weighted by Gasteiger charge is 2.77. The molecule has 2 heterocycles. The molecule has 2 fully saturated rings. The maximum absolute atomic E-state index is 15.4. The second-order valence-electron chi connectivity index (χ2n) is 7.06. The van der Waals surface area contributed by atoms with Crippen LogP contribution in [0.5, 0.6) is 5.75 Å². The van der Waals surface area contributed by atoms with Gasteiger partial charge in [-0.25, -0.2) is 4.39 Å². The lowest BCUT2D eigenvalue weighted by atomic mass is 10.1. The molecule has 3 aliphatic rings. The number of hydrogen-bond acceptors (Lipinski definition) is 4. The molecule has 3 nitrogen and oxygen atoms in total. The van der Waals surface area contributed by atoms with Crippen molar-refractivity contribution in [2.75, 3.05) is 18.6 Å². The number of hydrogen-bond donors (Lipinski definition) is 0. The van der Waals surface area contributed by atoms with Crippen molar-refractivity contribution in [1.82, 2.24) is 9.78 Å². The van der Waals surface area contributed by atoms with Crippen LogP contribution in [0.2, 0.25) is 0 Å². The summed E-state index contributed by atoms with van der Waals surface area (Å²) in [5.74, 6) is 1.90. The summed E-state index contributed by atoms with van der Waals surface area (Å²) in [6.07, 6.45) is -4.50. The Labute approximate surface area is 161 Å². The van der Waals surface area contributed by atoms with Gasteiger partial charge in [0.15, 0.2) is 5.69 Å². The van der Waals surface area contributed by atoms with Crippen molar-refractivity contribution in [2.24, 2.45) is 5.92 Å². The molecule has 144 valence electrons. The van der Waals surface area contributed by atoms with Gasteiger partial charge in [-0.1, -0.05) is 12.1 Å². The van der Waals surface area contributed by atoms with Crippen molar-refractivity contribution in [2.45, 2.75) is 28.9 Å². The number of methoxy groups -OCH3 is 1. The minimum absolute atomic E-state index is 0.164. The van der Waals surface area contributed by atoms with E-state index in [1.807, 2.05) is 0 Å². The molecular formula is C18H16F4N2OS2. The largest absolute Gasteiger partial charge is 0.497 e. The van der Waals surface area contributed by atoms with Gasteiger partial charge in [0.1, 0.15) is 15.5 Å². The zero-order chi connectivity index (χ0) is 19.0. The molecule has 1 aromatic heterocycles. The van der Waals surface area contributed by atoms with Gasteiger partial charge in [-0.05, 0) is 24.1 Å². The van der Waals surface area contributed by atoms with E-state index in [9.17, 15) is 13.2 Å². The molecule has 2 atom stereocenters. The van der Waals surface area contributed by atoms with Crippen molar-refractivity contribution in [3.63, 3.8) is 0 Å². The molecule has 27 heavy (non-hydrogen) atoms. The first kappa shape index (κ1) is 17.7. The second kappa shape index (κ2) is 5.59. The summed E-state index contributed by atoms with van der Waals surface area (Å²) in [4.78, 5) is 0. The maximum atomic E-state index is 15.4. The Hall–Kier alpha value is -1.35. The molecule has 0 N–H and O–H groups in total. The number of benzene rings is 1. The SMILES string of the molecule is COc1ccc(Cn2nc(C(F)(F)F)c3c2C2(SCCS2)C2CC32F)cc1. The third-order valence-corrected chi connectivity index (χ3v) is 9.12. The minimum atomic E-state index is -4.67. The van der Waals surface area contributed by atoms with Crippen LogP contribution in [0, 0.1) is 5.92 Å². The smallest absolute Gasteiger partial charge is 0.435 e. The summed E-state index contributed by atoms with van der Waals surface area (Å²) >= 11 is 3.15. The van der Waals surface area contributed by atoms with Crippen molar-refractivity contribution < 1.29 is 22.3 Å². The number of fused-ring (bicyclic) bond motifs is 5. The highest BCUT2D eigenvalue weighted by Crippen LogP contribution is 2.79. The number of aromatic nitrogens is 2. The third kappa shape index (κ3) is 2.40. The summed E-state index contributed by atoms with van der Waals surface area (Å²) in [6, 6.07) is 7.10. The number of nitrogens with zero attached hydrogens (tertiary/aromatic N) is 2. The maximum Gasteiger partial charge on any atom is 0.435 e. The zero-order valence-corrected chi connectivity index (χ0v) is 16.0. The van der Waals surface area contributed by atoms with Crippen molar-refractivity contribution >= 4 is 23.5 Å². The monoisotopic (exact) mass is 416 g/mol. The van der Waals surface area contributed by atoms with Gasteiger partial charge in [0.25, 0.3) is 0 Å². The lowest BCUT2D eigenvalue weighted by Gasteiger charge is -2.25. The summed E-state index contributed by atoms with van der Waals surface area (Å²) in [6.45, 7) is 0.175. The Kier molecular flexibility index (Phi) is 3.67. The Morgan fingerprint density at radius 3 is 2.48 bits per heavy atom. The molecule has 2 aliphatic carbocycles. The van der Waals surface area contributed by atoms with Crippen molar-refractivity contribution in [3.8, 4) is 5.75 Å². The second-order valence-corrected chi connectivity index (χ2v) is 10.00. The predicted octanol–water partition coefficient (Wildman–Crippen LogP) is 4.79. The van der Waals surface area contributed by atoms with Crippen LogP contribution >= 0.6 is 23.5 Å². The summed E-state index contributed by atoms with van der Waals surface area (Å²) in [5, 5.41) is 3.88. The topological polar surface area (TPSA) is 27.1 Å². The molecule has 0 radical (unpaired) electrons. The zero-order valence-electron chi connectivity index (χ0n) is 14.3. The van der Waals surface area contributed by atoms with Gasteiger partial charge >= 0.3 is 6.18 Å². The summed E-state index contributed by atoms with van der Waals surface area (Å²) < 4.78 is 62.3.